The van der Waals surface area contributed by atoms with Crippen LogP contribution in [0.3, 0.4) is 0 Å². The molecular formula is C14H12BrNO4. The number of methoxy groups -OCH3 is 2. The maximum absolute atomic E-state index is 11.6. The fourth-order valence-electron chi connectivity index (χ4n) is 1.53. The molecule has 1 aromatic carbocycles. The molecule has 0 saturated heterocycles. The zero-order valence-corrected chi connectivity index (χ0v) is 12.5. The van der Waals surface area contributed by atoms with Gasteiger partial charge in [-0.2, -0.15) is 0 Å². The largest absolute Gasteiger partial charge is 0.497 e. The first-order valence-electron chi connectivity index (χ1n) is 5.70. The second kappa shape index (κ2) is 6.38. The topological polar surface area (TPSA) is 57.7 Å². The molecule has 0 unspecified atom stereocenters. The Balaban J connectivity index is 2.33. The number of carbonyl (C=O) groups is 1. The molecule has 0 bridgehead atoms. The molecule has 0 N–H and O–H groups in total. The number of ether oxygens (including phenoxy) is 3. The number of rotatable bonds is 4. The predicted octanol–water partition coefficient (Wildman–Crippen LogP) is 3.43. The Hall–Kier alpha value is -2.08. The van der Waals surface area contributed by atoms with Crippen molar-refractivity contribution in [2.75, 3.05) is 14.2 Å². The average molecular weight is 338 g/mol. The number of carbonyl (C=O) groups excluding carboxylic acids is 1. The van der Waals surface area contributed by atoms with Crippen molar-refractivity contribution in [2.45, 2.75) is 0 Å². The van der Waals surface area contributed by atoms with Crippen LogP contribution in [0.5, 0.6) is 17.4 Å². The molecule has 104 valence electrons. The van der Waals surface area contributed by atoms with E-state index in [0.29, 0.717) is 16.0 Å². The number of nitrogens with zero attached hydrogens (tertiary/aromatic N) is 1. The summed E-state index contributed by atoms with van der Waals surface area (Å²) in [5.74, 6) is 0.899. The summed E-state index contributed by atoms with van der Waals surface area (Å²) >= 11 is 3.38. The molecule has 2 aromatic rings. The molecule has 20 heavy (non-hydrogen) atoms. The fourth-order valence-corrected chi connectivity index (χ4v) is 1.97. The molecular weight excluding hydrogens is 326 g/mol. The van der Waals surface area contributed by atoms with Gasteiger partial charge in [0.2, 0.25) is 5.88 Å². The van der Waals surface area contributed by atoms with E-state index in [1.807, 2.05) is 0 Å². The first kappa shape index (κ1) is 14.3. The van der Waals surface area contributed by atoms with Crippen molar-refractivity contribution in [2.24, 2.45) is 0 Å². The van der Waals surface area contributed by atoms with Crippen LogP contribution in [-0.4, -0.2) is 25.2 Å². The van der Waals surface area contributed by atoms with Crippen LogP contribution in [0.25, 0.3) is 0 Å². The molecule has 0 aliphatic rings. The minimum Gasteiger partial charge on any atom is -0.497 e. The lowest BCUT2D eigenvalue weighted by Crippen LogP contribution is -2.05. The van der Waals surface area contributed by atoms with E-state index in [-0.39, 0.29) is 11.4 Å². The normalized spacial score (nSPS) is 9.95. The molecule has 0 aliphatic heterocycles. The molecule has 1 aromatic heterocycles. The summed E-state index contributed by atoms with van der Waals surface area (Å²) in [5.41, 5.74) is 0.262. The highest BCUT2D eigenvalue weighted by Crippen LogP contribution is 2.33. The van der Waals surface area contributed by atoms with Crippen molar-refractivity contribution < 1.29 is 19.0 Å². The number of hydrogen-bond donors (Lipinski definition) is 0. The van der Waals surface area contributed by atoms with Gasteiger partial charge in [0, 0.05) is 6.20 Å². The van der Waals surface area contributed by atoms with Gasteiger partial charge in [0.15, 0.2) is 0 Å². The van der Waals surface area contributed by atoms with E-state index < -0.39 is 5.97 Å². The highest BCUT2D eigenvalue weighted by molar-refractivity contribution is 9.10. The van der Waals surface area contributed by atoms with E-state index in [0.717, 1.165) is 0 Å². The van der Waals surface area contributed by atoms with Crippen molar-refractivity contribution in [3.8, 4) is 17.4 Å². The molecule has 0 radical (unpaired) electrons. The second-order valence-electron chi connectivity index (χ2n) is 3.75. The summed E-state index contributed by atoms with van der Waals surface area (Å²) in [6.45, 7) is 0. The molecule has 0 aliphatic carbocycles. The highest BCUT2D eigenvalue weighted by atomic mass is 79.9. The number of esters is 1. The van der Waals surface area contributed by atoms with Crippen molar-refractivity contribution in [1.29, 1.82) is 0 Å². The molecule has 6 heteroatoms. The van der Waals surface area contributed by atoms with Crippen LogP contribution in [0.15, 0.2) is 41.0 Å². The Kier molecular flexibility index (Phi) is 4.57. The number of aromatic nitrogens is 1. The van der Waals surface area contributed by atoms with Crippen LogP contribution in [-0.2, 0) is 4.74 Å². The van der Waals surface area contributed by atoms with Crippen molar-refractivity contribution in [3.63, 3.8) is 0 Å². The van der Waals surface area contributed by atoms with Crippen LogP contribution in [0.4, 0.5) is 0 Å². The fraction of sp³-hybridized carbons (Fsp3) is 0.143. The van der Waals surface area contributed by atoms with Crippen LogP contribution < -0.4 is 9.47 Å². The van der Waals surface area contributed by atoms with Crippen molar-refractivity contribution >= 4 is 21.9 Å². The Morgan fingerprint density at radius 2 is 2.05 bits per heavy atom. The van der Waals surface area contributed by atoms with Gasteiger partial charge in [0.1, 0.15) is 17.1 Å². The smallest absolute Gasteiger partial charge is 0.343 e. The van der Waals surface area contributed by atoms with Gasteiger partial charge in [-0.1, -0.05) is 0 Å². The molecule has 0 saturated carbocycles. The summed E-state index contributed by atoms with van der Waals surface area (Å²) in [5, 5.41) is 0. The average Bonchev–Trinajstić information content (AvgIpc) is 2.49. The van der Waals surface area contributed by atoms with Crippen LogP contribution in [0.2, 0.25) is 0 Å². The Bertz CT molecular complexity index is 630. The van der Waals surface area contributed by atoms with Crippen LogP contribution >= 0.6 is 15.9 Å². The van der Waals surface area contributed by atoms with Gasteiger partial charge in [-0.05, 0) is 46.3 Å². The maximum atomic E-state index is 11.6. The van der Waals surface area contributed by atoms with Crippen molar-refractivity contribution in [1.82, 2.24) is 4.98 Å². The molecule has 1 heterocycles. The molecule has 2 rings (SSSR count). The SMILES string of the molecule is COC(=O)c1cccnc1Oc1ccc(OC)cc1Br. The molecule has 0 spiro atoms. The summed E-state index contributed by atoms with van der Waals surface area (Å²) in [4.78, 5) is 15.7. The van der Waals surface area contributed by atoms with E-state index >= 15 is 0 Å². The zero-order chi connectivity index (χ0) is 14.5. The Morgan fingerprint density at radius 3 is 2.70 bits per heavy atom. The minimum absolute atomic E-state index is 0.185. The van der Waals surface area contributed by atoms with Crippen LogP contribution in [0.1, 0.15) is 10.4 Å². The number of hydrogen-bond acceptors (Lipinski definition) is 5. The van der Waals surface area contributed by atoms with E-state index in [9.17, 15) is 4.79 Å². The van der Waals surface area contributed by atoms with Gasteiger partial charge in [-0.25, -0.2) is 9.78 Å². The number of halogens is 1. The van der Waals surface area contributed by atoms with Gasteiger partial charge < -0.3 is 14.2 Å². The Morgan fingerprint density at radius 1 is 1.25 bits per heavy atom. The lowest BCUT2D eigenvalue weighted by atomic mass is 10.2. The minimum atomic E-state index is -0.502. The second-order valence-corrected chi connectivity index (χ2v) is 4.60. The van der Waals surface area contributed by atoms with E-state index in [1.54, 1.807) is 43.6 Å². The predicted molar refractivity (Wildman–Crippen MR) is 76.3 cm³/mol. The van der Waals surface area contributed by atoms with Gasteiger partial charge in [0.25, 0.3) is 0 Å². The summed E-state index contributed by atoms with van der Waals surface area (Å²) in [7, 11) is 2.89. The standard InChI is InChI=1S/C14H12BrNO4/c1-18-9-5-6-12(11(15)8-9)20-13-10(14(17)19-2)4-3-7-16-13/h3-8H,1-2H3. The molecule has 5 nitrogen and oxygen atoms in total. The van der Waals surface area contributed by atoms with Gasteiger partial charge in [0.05, 0.1) is 18.7 Å². The third-order valence-electron chi connectivity index (χ3n) is 2.52. The number of benzene rings is 1. The van der Waals surface area contributed by atoms with Crippen LogP contribution in [0, 0.1) is 0 Å². The summed E-state index contributed by atoms with van der Waals surface area (Å²) in [6, 6.07) is 8.46. The lowest BCUT2D eigenvalue weighted by Gasteiger charge is -2.10. The van der Waals surface area contributed by atoms with Gasteiger partial charge in [-0.3, -0.25) is 0 Å². The lowest BCUT2D eigenvalue weighted by molar-refractivity contribution is 0.0597. The van der Waals surface area contributed by atoms with Gasteiger partial charge in [-0.15, -0.1) is 0 Å². The summed E-state index contributed by atoms with van der Waals surface area (Å²) < 4.78 is 16.1. The third-order valence-corrected chi connectivity index (χ3v) is 3.14. The molecule has 0 amide bonds. The zero-order valence-electron chi connectivity index (χ0n) is 10.9. The maximum Gasteiger partial charge on any atom is 0.343 e. The summed E-state index contributed by atoms with van der Waals surface area (Å²) in [6.07, 6.45) is 1.54. The molecule has 0 atom stereocenters. The van der Waals surface area contributed by atoms with Crippen molar-refractivity contribution in [3.05, 3.63) is 46.6 Å². The number of pyridine rings is 1. The van der Waals surface area contributed by atoms with E-state index in [4.69, 9.17) is 14.2 Å². The third kappa shape index (κ3) is 3.08. The Labute approximate surface area is 124 Å². The highest BCUT2D eigenvalue weighted by Gasteiger charge is 2.15. The first-order valence-corrected chi connectivity index (χ1v) is 6.49. The monoisotopic (exact) mass is 337 g/mol. The first-order chi connectivity index (χ1) is 9.65. The van der Waals surface area contributed by atoms with E-state index in [2.05, 4.69) is 20.9 Å². The van der Waals surface area contributed by atoms with E-state index in [1.165, 1.54) is 7.11 Å². The molecule has 0 fully saturated rings. The van der Waals surface area contributed by atoms with Gasteiger partial charge >= 0.3 is 5.97 Å². The quantitative estimate of drug-likeness (QED) is 0.800.